The topological polar surface area (TPSA) is 101 Å². The summed E-state index contributed by atoms with van der Waals surface area (Å²) >= 11 is 8.73. The number of ether oxygens (including phenoxy) is 1. The normalized spacial score (nSPS) is 11.4. The monoisotopic (exact) mass is 540 g/mol. The molecule has 0 spiro atoms. The van der Waals surface area contributed by atoms with Crippen molar-refractivity contribution in [3.63, 3.8) is 0 Å². The highest BCUT2D eigenvalue weighted by molar-refractivity contribution is 8.01. The van der Waals surface area contributed by atoms with Crippen LogP contribution in [0, 0.1) is 5.92 Å². The van der Waals surface area contributed by atoms with E-state index in [1.807, 2.05) is 6.92 Å². The van der Waals surface area contributed by atoms with Crippen LogP contribution in [-0.4, -0.2) is 43.4 Å². The fraction of sp³-hybridized carbons (Fsp3) is 0.318. The zero-order chi connectivity index (χ0) is 24.7. The lowest BCUT2D eigenvalue weighted by Gasteiger charge is -2.24. The predicted molar refractivity (Wildman–Crippen MR) is 138 cm³/mol. The Hall–Kier alpha value is -2.34. The van der Waals surface area contributed by atoms with Crippen molar-refractivity contribution in [3.05, 3.63) is 53.6 Å². The number of hydrogen-bond donors (Lipinski definition) is 1. The Bertz CT molecular complexity index is 1200. The first-order chi connectivity index (χ1) is 16.2. The summed E-state index contributed by atoms with van der Waals surface area (Å²) in [5.74, 6) is 1.43. The van der Waals surface area contributed by atoms with Gasteiger partial charge in [-0.2, -0.15) is 0 Å². The third kappa shape index (κ3) is 7.08. The number of sulfonamides is 1. The van der Waals surface area contributed by atoms with Crippen LogP contribution in [0.4, 0.5) is 10.8 Å². The maximum atomic E-state index is 13.4. The predicted octanol–water partition coefficient (Wildman–Crippen LogP) is 5.17. The lowest BCUT2D eigenvalue weighted by Crippen LogP contribution is -2.38. The fourth-order valence-corrected chi connectivity index (χ4v) is 6.06. The number of hydrogen-bond acceptors (Lipinski definition) is 8. The van der Waals surface area contributed by atoms with E-state index in [2.05, 4.69) is 29.4 Å². The largest absolute Gasteiger partial charge is 0.494 e. The molecule has 12 heteroatoms. The first-order valence-corrected chi connectivity index (χ1v) is 14.1. The number of nitrogens with zero attached hydrogens (tertiary/aromatic N) is 3. The molecule has 0 radical (unpaired) electrons. The molecule has 0 saturated heterocycles. The maximum absolute atomic E-state index is 13.4. The Morgan fingerprint density at radius 2 is 1.82 bits per heavy atom. The molecule has 8 nitrogen and oxygen atoms in total. The van der Waals surface area contributed by atoms with E-state index in [4.69, 9.17) is 16.3 Å². The van der Waals surface area contributed by atoms with Crippen LogP contribution in [0.15, 0.2) is 57.8 Å². The highest BCUT2D eigenvalue weighted by Crippen LogP contribution is 2.29. The molecule has 0 atom stereocenters. The Balaban J connectivity index is 1.83. The number of benzene rings is 2. The Morgan fingerprint density at radius 3 is 2.44 bits per heavy atom. The van der Waals surface area contributed by atoms with Gasteiger partial charge in [0.25, 0.3) is 10.0 Å². The fourth-order valence-electron chi connectivity index (χ4n) is 2.77. The summed E-state index contributed by atoms with van der Waals surface area (Å²) < 4.78 is 34.1. The first-order valence-electron chi connectivity index (χ1n) is 10.5. The highest BCUT2D eigenvalue weighted by atomic mass is 35.5. The van der Waals surface area contributed by atoms with Gasteiger partial charge in [0.05, 0.1) is 17.2 Å². The number of anilines is 2. The second-order valence-corrected chi connectivity index (χ2v) is 12.1. The number of thioether (sulfide) groups is 1. The first kappa shape index (κ1) is 26.3. The Morgan fingerprint density at radius 1 is 1.15 bits per heavy atom. The highest BCUT2D eigenvalue weighted by Gasteiger charge is 2.27. The van der Waals surface area contributed by atoms with Gasteiger partial charge in [-0.3, -0.25) is 14.4 Å². The SMILES string of the molecule is CCOc1ccc(N(CC(=O)Nc2nnc(SCC(C)C)s2)S(=O)(=O)c2ccc(Cl)cc2)cc1. The van der Waals surface area contributed by atoms with E-state index >= 15 is 0 Å². The molecule has 0 bridgehead atoms. The molecule has 182 valence electrons. The molecular weight excluding hydrogens is 516 g/mol. The van der Waals surface area contributed by atoms with Crippen molar-refractivity contribution in [1.29, 1.82) is 0 Å². The Kier molecular flexibility index (Phi) is 9.17. The third-order valence-corrected chi connectivity index (χ3v) is 8.76. The molecule has 0 fully saturated rings. The molecule has 0 aliphatic heterocycles. The van der Waals surface area contributed by atoms with Crippen molar-refractivity contribution in [3.8, 4) is 5.75 Å². The number of rotatable bonds is 11. The van der Waals surface area contributed by atoms with Gasteiger partial charge in [-0.25, -0.2) is 8.42 Å². The summed E-state index contributed by atoms with van der Waals surface area (Å²) in [6.45, 7) is 6.09. The van der Waals surface area contributed by atoms with Crippen LogP contribution in [0.25, 0.3) is 0 Å². The molecule has 0 saturated carbocycles. The van der Waals surface area contributed by atoms with Crippen LogP contribution in [0.3, 0.4) is 0 Å². The van der Waals surface area contributed by atoms with Gasteiger partial charge in [0.15, 0.2) is 4.34 Å². The molecule has 2 aromatic carbocycles. The molecule has 1 N–H and O–H groups in total. The van der Waals surface area contributed by atoms with Crippen molar-refractivity contribution >= 4 is 61.4 Å². The number of halogens is 1. The van der Waals surface area contributed by atoms with Crippen LogP contribution in [0.1, 0.15) is 20.8 Å². The molecule has 0 aliphatic carbocycles. The lowest BCUT2D eigenvalue weighted by atomic mass is 10.3. The van der Waals surface area contributed by atoms with Crippen LogP contribution < -0.4 is 14.4 Å². The molecule has 1 aromatic heterocycles. The average Bonchev–Trinajstić information content (AvgIpc) is 3.24. The molecule has 0 unspecified atom stereocenters. The van der Waals surface area contributed by atoms with E-state index in [1.54, 1.807) is 36.0 Å². The number of aromatic nitrogens is 2. The maximum Gasteiger partial charge on any atom is 0.264 e. The van der Waals surface area contributed by atoms with Gasteiger partial charge in [-0.1, -0.05) is 48.5 Å². The van der Waals surface area contributed by atoms with Gasteiger partial charge in [0.2, 0.25) is 11.0 Å². The van der Waals surface area contributed by atoms with Gasteiger partial charge in [-0.05, 0) is 61.4 Å². The van der Waals surface area contributed by atoms with E-state index in [9.17, 15) is 13.2 Å². The van der Waals surface area contributed by atoms with Crippen LogP contribution >= 0.6 is 34.7 Å². The zero-order valence-electron chi connectivity index (χ0n) is 18.9. The molecule has 3 rings (SSSR count). The summed E-state index contributed by atoms with van der Waals surface area (Å²) in [4.78, 5) is 12.9. The van der Waals surface area contributed by atoms with Crippen molar-refractivity contribution in [2.75, 3.05) is 28.5 Å². The van der Waals surface area contributed by atoms with Gasteiger partial charge in [0.1, 0.15) is 12.3 Å². The number of carbonyl (C=O) groups is 1. The second-order valence-electron chi connectivity index (χ2n) is 7.52. The smallest absolute Gasteiger partial charge is 0.264 e. The summed E-state index contributed by atoms with van der Waals surface area (Å²) in [6.07, 6.45) is 0. The van der Waals surface area contributed by atoms with Crippen LogP contribution in [0.2, 0.25) is 5.02 Å². The minimum absolute atomic E-state index is 0.0156. The third-order valence-electron chi connectivity index (χ3n) is 4.32. The standard InChI is InChI=1S/C22H25ClN4O4S3/c1-4-31-18-9-7-17(8-10-18)27(34(29,30)19-11-5-16(23)6-12-19)13-20(28)24-21-25-26-22(33-21)32-14-15(2)3/h5-12,15H,4,13-14H2,1-3H3,(H,24,25,28). The molecular formula is C22H25ClN4O4S3. The van der Waals surface area contributed by atoms with Crippen molar-refractivity contribution < 1.29 is 17.9 Å². The minimum Gasteiger partial charge on any atom is -0.494 e. The van der Waals surface area contributed by atoms with Gasteiger partial charge >= 0.3 is 0 Å². The summed E-state index contributed by atoms with van der Waals surface area (Å²) in [7, 11) is -4.06. The average molecular weight is 541 g/mol. The number of amides is 1. The molecule has 1 amide bonds. The summed E-state index contributed by atoms with van der Waals surface area (Å²) in [5, 5.41) is 11.4. The van der Waals surface area contributed by atoms with Gasteiger partial charge < -0.3 is 4.74 Å². The van der Waals surface area contributed by atoms with E-state index in [0.29, 0.717) is 34.1 Å². The zero-order valence-corrected chi connectivity index (χ0v) is 22.1. The van der Waals surface area contributed by atoms with Crippen LogP contribution in [-0.2, 0) is 14.8 Å². The van der Waals surface area contributed by atoms with E-state index in [0.717, 1.165) is 14.4 Å². The van der Waals surface area contributed by atoms with Crippen molar-refractivity contribution in [1.82, 2.24) is 10.2 Å². The van der Waals surface area contributed by atoms with E-state index in [-0.39, 0.29) is 4.90 Å². The lowest BCUT2D eigenvalue weighted by molar-refractivity contribution is -0.114. The van der Waals surface area contributed by atoms with Gasteiger partial charge in [-0.15, -0.1) is 10.2 Å². The van der Waals surface area contributed by atoms with Gasteiger partial charge in [0, 0.05) is 10.8 Å². The quantitative estimate of drug-likeness (QED) is 0.264. The summed E-state index contributed by atoms with van der Waals surface area (Å²) in [5.41, 5.74) is 0.319. The summed E-state index contributed by atoms with van der Waals surface area (Å²) in [6, 6.07) is 12.3. The number of carbonyl (C=O) groups excluding carboxylic acids is 1. The minimum atomic E-state index is -4.06. The molecule has 3 aromatic rings. The molecule has 34 heavy (non-hydrogen) atoms. The Labute approximate surface area is 212 Å². The number of nitrogens with one attached hydrogen (secondary N) is 1. The van der Waals surface area contributed by atoms with Crippen molar-refractivity contribution in [2.24, 2.45) is 5.92 Å². The molecule has 0 aliphatic rings. The van der Waals surface area contributed by atoms with E-state index in [1.165, 1.54) is 35.6 Å². The molecule has 1 heterocycles. The van der Waals surface area contributed by atoms with E-state index < -0.39 is 22.5 Å². The van der Waals surface area contributed by atoms with Crippen molar-refractivity contribution in [2.45, 2.75) is 30.0 Å². The van der Waals surface area contributed by atoms with Crippen LogP contribution in [0.5, 0.6) is 5.75 Å². The second kappa shape index (κ2) is 11.9.